The van der Waals surface area contributed by atoms with Crippen molar-refractivity contribution < 1.29 is 9.18 Å². The van der Waals surface area contributed by atoms with E-state index in [9.17, 15) is 9.18 Å². The van der Waals surface area contributed by atoms with Crippen molar-refractivity contribution >= 4 is 17.5 Å². The van der Waals surface area contributed by atoms with Crippen molar-refractivity contribution in [3.05, 3.63) is 28.8 Å². The van der Waals surface area contributed by atoms with Crippen molar-refractivity contribution in [1.82, 2.24) is 15.2 Å². The molecule has 0 saturated carbocycles. The van der Waals surface area contributed by atoms with E-state index >= 15 is 0 Å². The molecule has 0 fully saturated rings. The summed E-state index contributed by atoms with van der Waals surface area (Å²) in [4.78, 5) is 17.8. The number of aromatic nitrogens is 1. The summed E-state index contributed by atoms with van der Waals surface area (Å²) >= 11 is 5.79. The monoisotopic (exact) mass is 287 g/mol. The van der Waals surface area contributed by atoms with Crippen LogP contribution in [0.3, 0.4) is 0 Å². The summed E-state index contributed by atoms with van der Waals surface area (Å²) in [6.45, 7) is 8.59. The molecule has 1 atom stereocenters. The van der Waals surface area contributed by atoms with E-state index in [-0.39, 0.29) is 16.8 Å². The van der Waals surface area contributed by atoms with Gasteiger partial charge in [0.1, 0.15) is 11.0 Å². The first kappa shape index (κ1) is 15.9. The SMILES string of the molecule is CCN(CC)CC(C)NC(=O)c1cc(F)cnc1Cl. The maximum atomic E-state index is 13.1. The topological polar surface area (TPSA) is 45.2 Å². The van der Waals surface area contributed by atoms with Crippen LogP contribution in [0, 0.1) is 5.82 Å². The van der Waals surface area contributed by atoms with E-state index in [0.717, 1.165) is 31.9 Å². The zero-order valence-corrected chi connectivity index (χ0v) is 12.2. The predicted molar refractivity (Wildman–Crippen MR) is 73.9 cm³/mol. The summed E-state index contributed by atoms with van der Waals surface area (Å²) in [5, 5.41) is 2.80. The van der Waals surface area contributed by atoms with Gasteiger partial charge in [0.2, 0.25) is 0 Å². The minimum Gasteiger partial charge on any atom is -0.348 e. The van der Waals surface area contributed by atoms with Gasteiger partial charge in [-0.05, 0) is 26.1 Å². The molecular weight excluding hydrogens is 269 g/mol. The summed E-state index contributed by atoms with van der Waals surface area (Å²) in [5.41, 5.74) is 0.0630. The number of pyridine rings is 1. The molecule has 0 radical (unpaired) electrons. The standard InChI is InChI=1S/C13H19ClFN3O/c1-4-18(5-2)8-9(3)17-13(19)11-6-10(15)7-16-12(11)14/h6-7,9H,4-5,8H2,1-3H3,(H,17,19). The summed E-state index contributed by atoms with van der Waals surface area (Å²) in [7, 11) is 0. The van der Waals surface area contributed by atoms with Gasteiger partial charge in [0.25, 0.3) is 5.91 Å². The second-order valence-electron chi connectivity index (χ2n) is 4.35. The number of carbonyl (C=O) groups is 1. The van der Waals surface area contributed by atoms with Gasteiger partial charge in [-0.3, -0.25) is 4.79 Å². The quantitative estimate of drug-likeness (QED) is 0.817. The molecule has 1 aromatic rings. The minimum absolute atomic E-state index is 0.00828. The molecule has 1 unspecified atom stereocenters. The van der Waals surface area contributed by atoms with Crippen LogP contribution >= 0.6 is 11.6 Å². The minimum atomic E-state index is -0.578. The molecule has 0 spiro atoms. The number of amides is 1. The van der Waals surface area contributed by atoms with Crippen LogP contribution in [-0.4, -0.2) is 41.5 Å². The number of likely N-dealkylation sites (N-methyl/N-ethyl adjacent to an activating group) is 1. The van der Waals surface area contributed by atoms with E-state index in [0.29, 0.717) is 0 Å². The summed E-state index contributed by atoms with van der Waals surface area (Å²) < 4.78 is 13.1. The van der Waals surface area contributed by atoms with E-state index in [2.05, 4.69) is 29.0 Å². The van der Waals surface area contributed by atoms with Crippen LogP contribution < -0.4 is 5.32 Å². The van der Waals surface area contributed by atoms with E-state index in [4.69, 9.17) is 11.6 Å². The van der Waals surface area contributed by atoms with Gasteiger partial charge in [-0.25, -0.2) is 9.37 Å². The summed E-state index contributed by atoms with van der Waals surface area (Å²) in [6, 6.07) is 1.04. The molecule has 0 aliphatic heterocycles. The lowest BCUT2D eigenvalue weighted by Gasteiger charge is -2.23. The highest BCUT2D eigenvalue weighted by atomic mass is 35.5. The molecule has 1 heterocycles. The highest BCUT2D eigenvalue weighted by Crippen LogP contribution is 2.13. The molecule has 106 valence electrons. The first-order valence-corrected chi connectivity index (χ1v) is 6.70. The Kier molecular flexibility index (Phi) is 6.18. The third kappa shape index (κ3) is 4.76. The van der Waals surface area contributed by atoms with Crippen LogP contribution in [0.4, 0.5) is 4.39 Å². The maximum Gasteiger partial charge on any atom is 0.254 e. The molecule has 0 saturated heterocycles. The molecule has 0 aromatic carbocycles. The van der Waals surface area contributed by atoms with Gasteiger partial charge < -0.3 is 10.2 Å². The Labute approximate surface area is 118 Å². The molecule has 4 nitrogen and oxygen atoms in total. The van der Waals surface area contributed by atoms with Gasteiger partial charge in [-0.15, -0.1) is 0 Å². The number of rotatable bonds is 6. The zero-order chi connectivity index (χ0) is 14.4. The van der Waals surface area contributed by atoms with Crippen molar-refractivity contribution in [2.24, 2.45) is 0 Å². The highest BCUT2D eigenvalue weighted by Gasteiger charge is 2.16. The molecule has 1 N–H and O–H groups in total. The van der Waals surface area contributed by atoms with Crippen molar-refractivity contribution in [3.8, 4) is 0 Å². The van der Waals surface area contributed by atoms with Gasteiger partial charge >= 0.3 is 0 Å². The van der Waals surface area contributed by atoms with E-state index in [1.165, 1.54) is 0 Å². The number of hydrogen-bond acceptors (Lipinski definition) is 3. The van der Waals surface area contributed by atoms with Crippen LogP contribution in [0.25, 0.3) is 0 Å². The van der Waals surface area contributed by atoms with Gasteiger partial charge in [-0.1, -0.05) is 25.4 Å². The molecule has 0 aliphatic rings. The Hall–Kier alpha value is -1.20. The Bertz CT molecular complexity index is 438. The number of nitrogens with zero attached hydrogens (tertiary/aromatic N) is 2. The predicted octanol–water partition coefficient (Wildman–Crippen LogP) is 2.33. The van der Waals surface area contributed by atoms with Crippen LogP contribution in [0.2, 0.25) is 5.15 Å². The second kappa shape index (κ2) is 7.40. The smallest absolute Gasteiger partial charge is 0.254 e. The molecule has 6 heteroatoms. The largest absolute Gasteiger partial charge is 0.348 e. The van der Waals surface area contributed by atoms with Crippen LogP contribution in [0.1, 0.15) is 31.1 Å². The maximum absolute atomic E-state index is 13.1. The average Bonchev–Trinajstić information content (AvgIpc) is 2.38. The molecule has 1 rings (SSSR count). The van der Waals surface area contributed by atoms with Crippen molar-refractivity contribution in [3.63, 3.8) is 0 Å². The van der Waals surface area contributed by atoms with E-state index < -0.39 is 11.7 Å². The van der Waals surface area contributed by atoms with Gasteiger partial charge in [0.05, 0.1) is 11.8 Å². The Balaban J connectivity index is 2.66. The van der Waals surface area contributed by atoms with Crippen LogP contribution in [0.15, 0.2) is 12.3 Å². The Morgan fingerprint density at radius 1 is 1.53 bits per heavy atom. The summed E-state index contributed by atoms with van der Waals surface area (Å²) in [6.07, 6.45) is 0.985. The molecule has 0 aliphatic carbocycles. The van der Waals surface area contributed by atoms with Crippen molar-refractivity contribution in [2.45, 2.75) is 26.8 Å². The number of halogens is 2. The fourth-order valence-electron chi connectivity index (χ4n) is 1.80. The molecule has 1 amide bonds. The molecule has 0 bridgehead atoms. The fraction of sp³-hybridized carbons (Fsp3) is 0.538. The average molecular weight is 288 g/mol. The van der Waals surface area contributed by atoms with Crippen molar-refractivity contribution in [2.75, 3.05) is 19.6 Å². The summed E-state index contributed by atoms with van der Waals surface area (Å²) in [5.74, 6) is -0.984. The van der Waals surface area contributed by atoms with E-state index in [1.54, 1.807) is 0 Å². The zero-order valence-electron chi connectivity index (χ0n) is 11.4. The number of nitrogens with one attached hydrogen (secondary N) is 1. The first-order valence-electron chi connectivity index (χ1n) is 6.32. The number of hydrogen-bond donors (Lipinski definition) is 1. The van der Waals surface area contributed by atoms with Gasteiger partial charge in [0.15, 0.2) is 0 Å². The lowest BCUT2D eigenvalue weighted by atomic mass is 10.2. The molecule has 19 heavy (non-hydrogen) atoms. The fourth-order valence-corrected chi connectivity index (χ4v) is 1.99. The van der Waals surface area contributed by atoms with Crippen LogP contribution in [0.5, 0.6) is 0 Å². The third-order valence-corrected chi connectivity index (χ3v) is 3.16. The lowest BCUT2D eigenvalue weighted by Crippen LogP contribution is -2.42. The lowest BCUT2D eigenvalue weighted by molar-refractivity contribution is 0.0929. The van der Waals surface area contributed by atoms with Crippen LogP contribution in [-0.2, 0) is 0 Å². The van der Waals surface area contributed by atoms with Gasteiger partial charge in [0, 0.05) is 12.6 Å². The number of carbonyl (C=O) groups excluding carboxylic acids is 1. The third-order valence-electron chi connectivity index (χ3n) is 2.85. The Morgan fingerprint density at radius 2 is 2.16 bits per heavy atom. The molecular formula is C13H19ClFN3O. The Morgan fingerprint density at radius 3 is 2.74 bits per heavy atom. The highest BCUT2D eigenvalue weighted by molar-refractivity contribution is 6.32. The van der Waals surface area contributed by atoms with E-state index in [1.807, 2.05) is 6.92 Å². The van der Waals surface area contributed by atoms with Gasteiger partial charge in [-0.2, -0.15) is 0 Å². The normalized spacial score (nSPS) is 12.5. The van der Waals surface area contributed by atoms with Crippen molar-refractivity contribution in [1.29, 1.82) is 0 Å². The molecule has 1 aromatic heterocycles. The second-order valence-corrected chi connectivity index (χ2v) is 4.71. The first-order chi connectivity index (χ1) is 8.97.